The summed E-state index contributed by atoms with van der Waals surface area (Å²) in [5, 5.41) is 37.3. The maximum absolute atomic E-state index is 10.8. The van der Waals surface area contributed by atoms with Crippen molar-refractivity contribution in [1.82, 2.24) is 19.9 Å². The van der Waals surface area contributed by atoms with E-state index in [4.69, 9.17) is 20.7 Å². The molecule has 0 spiro atoms. The van der Waals surface area contributed by atoms with Crippen LogP contribution in [0.15, 0.2) is 110 Å². The summed E-state index contributed by atoms with van der Waals surface area (Å²) in [6.45, 7) is 13.0. The van der Waals surface area contributed by atoms with Crippen LogP contribution in [0.2, 0.25) is 0 Å². The van der Waals surface area contributed by atoms with E-state index >= 15 is 0 Å². The van der Waals surface area contributed by atoms with Crippen molar-refractivity contribution in [3.05, 3.63) is 142 Å². The summed E-state index contributed by atoms with van der Waals surface area (Å²) in [6, 6.07) is 22.7. The van der Waals surface area contributed by atoms with Gasteiger partial charge in [0.15, 0.2) is 0 Å². The molecule has 6 heterocycles. The van der Waals surface area contributed by atoms with Gasteiger partial charge in [0, 0.05) is 60.7 Å². The average molecular weight is 1000 g/mol. The summed E-state index contributed by atoms with van der Waals surface area (Å²) in [5.74, 6) is -2.15. The van der Waals surface area contributed by atoms with Crippen molar-refractivity contribution in [2.45, 2.75) is 40.5 Å². The quantitative estimate of drug-likeness (QED) is 0.0531. The fourth-order valence-corrected chi connectivity index (χ4v) is 7.92. The maximum atomic E-state index is 10.8. The fourth-order valence-electron chi connectivity index (χ4n) is 5.79. The molecule has 63 heavy (non-hydrogen) atoms. The van der Waals surface area contributed by atoms with Crippen molar-refractivity contribution in [2.24, 2.45) is 0 Å². The van der Waals surface area contributed by atoms with Crippen molar-refractivity contribution in [1.29, 1.82) is 10.5 Å². The number of aromatic carboxylic acids is 2. The van der Waals surface area contributed by atoms with E-state index in [1.165, 1.54) is 78.3 Å². The van der Waals surface area contributed by atoms with Gasteiger partial charge in [0.05, 0.1) is 43.9 Å². The standard InChI is InChI=1S/C32H38N4S2.C12H8N2O4.2CHNS.Ru/c1-5-35(6-2)31-17-15-27(37-31)13-9-11-25-19-21-33-29(23-25)30-24-26(20-22-34-30)12-10-14-28-16-18-32(38-28)36(7-3)8-4;15-11(16)7-1-3-13-9(5-7)10-6-8(12(17)18)2-4-14-10;2*2-1-3;/h9-10,13-24H,5-8,11-12H2,1-4H3;1-6H,(H,15,16)(H,17,18);2*3H;/q;;;;+2/p-2/b13-9+,14-10+;;;;. The van der Waals surface area contributed by atoms with E-state index in [0.717, 1.165) is 50.4 Å². The number of thiocyanates is 2. The van der Waals surface area contributed by atoms with Crippen LogP contribution >= 0.6 is 22.7 Å². The second-order valence-electron chi connectivity index (χ2n) is 12.7. The number of rotatable bonds is 16. The van der Waals surface area contributed by atoms with Gasteiger partial charge in [-0.25, -0.2) is 20.1 Å². The number of allylic oxidation sites excluding steroid dienone is 2. The van der Waals surface area contributed by atoms with Crippen LogP contribution in [-0.4, -0.2) is 68.3 Å². The summed E-state index contributed by atoms with van der Waals surface area (Å²) in [6.07, 6.45) is 17.1. The summed E-state index contributed by atoms with van der Waals surface area (Å²) >= 11 is 11.1. The van der Waals surface area contributed by atoms with Crippen LogP contribution in [0.1, 0.15) is 69.3 Å². The summed E-state index contributed by atoms with van der Waals surface area (Å²) in [5.41, 5.74) is 5.09. The van der Waals surface area contributed by atoms with E-state index in [1.54, 1.807) is 0 Å². The molecule has 6 rings (SSSR count). The normalized spacial score (nSPS) is 10.1. The number of nitriles is 2. The van der Waals surface area contributed by atoms with Crippen LogP contribution in [0, 0.1) is 21.3 Å². The molecule has 0 atom stereocenters. The number of hydrogen-bond donors (Lipinski definition) is 2. The summed E-state index contributed by atoms with van der Waals surface area (Å²) in [4.78, 5) is 46.2. The number of nitrogens with zero attached hydrogens (tertiary/aromatic N) is 8. The Balaban J connectivity index is 0.000000454. The van der Waals surface area contributed by atoms with Gasteiger partial charge >= 0.3 is 31.4 Å². The Labute approximate surface area is 400 Å². The molecule has 0 amide bonds. The minimum absolute atomic E-state index is 0. The van der Waals surface area contributed by atoms with Crippen LogP contribution < -0.4 is 9.80 Å². The number of aromatic nitrogens is 4. The number of pyridine rings is 4. The zero-order valence-corrected chi connectivity index (χ0v) is 40.1. The second kappa shape index (κ2) is 29.4. The van der Waals surface area contributed by atoms with Crippen LogP contribution in [0.3, 0.4) is 0 Å². The van der Waals surface area contributed by atoms with E-state index in [9.17, 15) is 9.59 Å². The molecule has 0 aliphatic heterocycles. The minimum Gasteiger partial charge on any atom is -0.696 e. The molecule has 326 valence electrons. The Bertz CT molecular complexity index is 2320. The van der Waals surface area contributed by atoms with Gasteiger partial charge < -0.3 is 45.3 Å². The summed E-state index contributed by atoms with van der Waals surface area (Å²) < 4.78 is 0. The monoisotopic (exact) mass is 1000 g/mol. The van der Waals surface area contributed by atoms with Crippen molar-refractivity contribution < 1.29 is 39.3 Å². The van der Waals surface area contributed by atoms with E-state index in [2.05, 4.69) is 156 Å². The molecule has 0 aromatic carbocycles. The topological polar surface area (TPSA) is 180 Å². The van der Waals surface area contributed by atoms with Gasteiger partial charge in [0.1, 0.15) is 0 Å². The molecule has 0 radical (unpaired) electrons. The first-order valence-corrected chi connectivity index (χ1v) is 21.8. The molecule has 0 bridgehead atoms. The van der Waals surface area contributed by atoms with Crippen LogP contribution in [0.25, 0.3) is 34.9 Å². The summed E-state index contributed by atoms with van der Waals surface area (Å²) in [7, 11) is 0. The Morgan fingerprint density at radius 2 is 0.905 bits per heavy atom. The van der Waals surface area contributed by atoms with E-state index < -0.39 is 11.9 Å². The number of carboxylic acids is 2. The van der Waals surface area contributed by atoms with Crippen molar-refractivity contribution >= 4 is 82.0 Å². The van der Waals surface area contributed by atoms with Gasteiger partial charge in [-0.2, -0.15) is 0 Å². The molecular weight excluding hydrogens is 958 g/mol. The third-order valence-electron chi connectivity index (χ3n) is 8.83. The van der Waals surface area contributed by atoms with Crippen molar-refractivity contribution in [2.75, 3.05) is 36.0 Å². The van der Waals surface area contributed by atoms with Gasteiger partial charge in [-0.3, -0.25) is 19.9 Å². The molecule has 0 fully saturated rings. The first kappa shape index (κ1) is 53.2. The molecule has 6 aromatic rings. The van der Waals surface area contributed by atoms with Gasteiger partial charge in [-0.1, -0.05) is 23.0 Å². The fraction of sp³-hybridized carbons (Fsp3) is 0.217. The molecule has 17 heteroatoms. The molecule has 12 nitrogen and oxygen atoms in total. The Morgan fingerprint density at radius 1 is 0.587 bits per heavy atom. The smallest absolute Gasteiger partial charge is 0.696 e. The van der Waals surface area contributed by atoms with E-state index in [-0.39, 0.29) is 30.6 Å². The molecule has 0 saturated heterocycles. The van der Waals surface area contributed by atoms with Gasteiger partial charge in [-0.15, -0.1) is 22.7 Å². The van der Waals surface area contributed by atoms with Gasteiger partial charge in [-0.05, 0) is 137 Å². The molecule has 0 aliphatic carbocycles. The number of anilines is 2. The first-order valence-electron chi connectivity index (χ1n) is 19.4. The molecule has 0 saturated carbocycles. The predicted molar refractivity (Wildman–Crippen MR) is 256 cm³/mol. The number of carboxylic acid groups (broad SMARTS) is 2. The Morgan fingerprint density at radius 3 is 1.22 bits per heavy atom. The first-order chi connectivity index (χ1) is 30.0. The number of carbonyl (C=O) groups is 2. The molecular formula is C46H46N8O4RuS4. The average Bonchev–Trinajstić information content (AvgIpc) is 3.96. The van der Waals surface area contributed by atoms with E-state index in [1.807, 2.05) is 35.1 Å². The van der Waals surface area contributed by atoms with Crippen LogP contribution in [0.5, 0.6) is 0 Å². The van der Waals surface area contributed by atoms with Gasteiger partial charge in [0.2, 0.25) is 0 Å². The molecule has 6 aromatic heterocycles. The predicted octanol–water partition coefficient (Wildman–Crippen LogP) is 10.0. The van der Waals surface area contributed by atoms with Crippen molar-refractivity contribution in [3.8, 4) is 33.6 Å². The number of thiophene rings is 2. The maximum Gasteiger partial charge on any atom is 2.00 e. The molecule has 0 aliphatic rings. The van der Waals surface area contributed by atoms with Crippen molar-refractivity contribution in [3.63, 3.8) is 0 Å². The van der Waals surface area contributed by atoms with Gasteiger partial charge in [0.25, 0.3) is 0 Å². The third-order valence-corrected chi connectivity index (χ3v) is 11.1. The zero-order valence-electron chi connectivity index (χ0n) is 35.1. The molecule has 0 unspecified atom stereocenters. The van der Waals surface area contributed by atoms with Crippen LogP contribution in [-0.2, 0) is 57.6 Å². The van der Waals surface area contributed by atoms with Crippen LogP contribution in [0.4, 0.5) is 10.0 Å². The Kier molecular flexibility index (Phi) is 24.8. The molecule has 2 N–H and O–H groups in total. The number of hydrogen-bond acceptors (Lipinski definition) is 14. The zero-order chi connectivity index (χ0) is 45.3. The third kappa shape index (κ3) is 17.8. The Hall–Kier alpha value is -5.94. The largest absolute Gasteiger partial charge is 2.00 e. The minimum atomic E-state index is -1.08. The van der Waals surface area contributed by atoms with E-state index in [0.29, 0.717) is 11.4 Å². The second-order valence-corrected chi connectivity index (χ2v) is 15.2. The SMILES string of the molecule is CCN(CC)c1ccc(/C=C/Cc2ccnc(-c3cc(C/C=C/c4ccc(N(CC)CC)s4)ccn3)c2)s1.N#C[S-].N#C[S-].O=C(O)c1ccnc(-c2cc(C(=O)O)ccn2)c1.[Ru+2].